The molecule has 2 saturated heterocycles. The van der Waals surface area contributed by atoms with Crippen molar-refractivity contribution in [2.45, 2.75) is 39.7 Å². The third kappa shape index (κ3) is 6.29. The van der Waals surface area contributed by atoms with E-state index in [0.29, 0.717) is 39.3 Å². The van der Waals surface area contributed by atoms with Gasteiger partial charge in [0.2, 0.25) is 17.7 Å². The summed E-state index contributed by atoms with van der Waals surface area (Å²) in [5.41, 5.74) is 3.01. The highest BCUT2D eigenvalue weighted by Gasteiger charge is 2.27. The Hall–Kier alpha value is -2.45. The van der Waals surface area contributed by atoms with Crippen molar-refractivity contribution in [2.24, 2.45) is 0 Å². The second kappa shape index (κ2) is 10.9. The quantitative estimate of drug-likeness (QED) is 0.718. The largest absolute Gasteiger partial charge is 0.343 e. The Kier molecular flexibility index (Phi) is 8.26. The average Bonchev–Trinajstić information content (AvgIpc) is 2.77. The highest BCUT2D eigenvalue weighted by molar-refractivity contribution is 5.93. The van der Waals surface area contributed by atoms with Gasteiger partial charge in [0.05, 0.1) is 13.1 Å². The van der Waals surface area contributed by atoms with E-state index in [4.69, 9.17) is 0 Å². The molecule has 32 heavy (non-hydrogen) atoms. The highest BCUT2D eigenvalue weighted by Crippen LogP contribution is 2.19. The van der Waals surface area contributed by atoms with E-state index in [-0.39, 0.29) is 23.8 Å². The molecule has 0 spiro atoms. The summed E-state index contributed by atoms with van der Waals surface area (Å²) in [7, 11) is 1.86. The van der Waals surface area contributed by atoms with E-state index in [1.807, 2.05) is 48.9 Å². The van der Waals surface area contributed by atoms with E-state index < -0.39 is 0 Å². The van der Waals surface area contributed by atoms with Gasteiger partial charge in [-0.25, -0.2) is 0 Å². The molecule has 0 bridgehead atoms. The van der Waals surface area contributed by atoms with Crippen molar-refractivity contribution >= 4 is 23.4 Å². The number of hydrogen-bond donors (Lipinski definition) is 1. The fourth-order valence-corrected chi connectivity index (χ4v) is 4.56. The van der Waals surface area contributed by atoms with Crippen LogP contribution < -0.4 is 5.32 Å². The van der Waals surface area contributed by atoms with Gasteiger partial charge in [0.25, 0.3) is 0 Å². The topological polar surface area (TPSA) is 76.2 Å². The number of nitrogens with one attached hydrogen (secondary N) is 1. The van der Waals surface area contributed by atoms with Gasteiger partial charge in [-0.1, -0.05) is 18.2 Å². The van der Waals surface area contributed by atoms with Gasteiger partial charge in [0.1, 0.15) is 0 Å². The van der Waals surface area contributed by atoms with Gasteiger partial charge >= 0.3 is 0 Å². The molecule has 2 aliphatic rings. The van der Waals surface area contributed by atoms with E-state index in [0.717, 1.165) is 42.7 Å². The molecular formula is C24H37N5O3. The number of piperazine rings is 1. The van der Waals surface area contributed by atoms with Crippen molar-refractivity contribution in [3.8, 4) is 0 Å². The summed E-state index contributed by atoms with van der Waals surface area (Å²) in [5.74, 6) is 0.240. The van der Waals surface area contributed by atoms with Crippen LogP contribution in [0.3, 0.4) is 0 Å². The Balaban J connectivity index is 1.38. The molecule has 0 unspecified atom stereocenters. The van der Waals surface area contributed by atoms with Crippen LogP contribution >= 0.6 is 0 Å². The number of benzene rings is 1. The normalized spacial score (nSPS) is 18.4. The minimum atomic E-state index is -0.0134. The Morgan fingerprint density at radius 3 is 2.06 bits per heavy atom. The maximum Gasteiger partial charge on any atom is 0.238 e. The van der Waals surface area contributed by atoms with Crippen molar-refractivity contribution < 1.29 is 14.4 Å². The maximum absolute atomic E-state index is 12.8. The molecule has 1 N–H and O–H groups in total. The van der Waals surface area contributed by atoms with Crippen LogP contribution in [-0.4, -0.2) is 103 Å². The molecule has 3 rings (SSSR count). The van der Waals surface area contributed by atoms with Gasteiger partial charge in [-0.05, 0) is 37.8 Å². The van der Waals surface area contributed by atoms with Gasteiger partial charge in [-0.2, -0.15) is 0 Å². The predicted octanol–water partition coefficient (Wildman–Crippen LogP) is 1.33. The molecule has 0 aliphatic carbocycles. The zero-order valence-electron chi connectivity index (χ0n) is 19.9. The van der Waals surface area contributed by atoms with Gasteiger partial charge in [0, 0.05) is 65.0 Å². The SMILES string of the molecule is CC(=O)N(C)C1CCN(CC(=O)N2CCN(CC(=O)Nc3c(C)cccc3C)CC2)CC1. The lowest BCUT2D eigenvalue weighted by Gasteiger charge is -2.38. The van der Waals surface area contributed by atoms with Crippen LogP contribution in [-0.2, 0) is 14.4 Å². The Morgan fingerprint density at radius 1 is 0.938 bits per heavy atom. The summed E-state index contributed by atoms with van der Waals surface area (Å²) in [6.07, 6.45) is 1.82. The molecule has 0 atom stereocenters. The lowest BCUT2D eigenvalue weighted by atomic mass is 10.0. The number of carbonyl (C=O) groups excluding carboxylic acids is 3. The van der Waals surface area contributed by atoms with Crippen LogP contribution in [0.25, 0.3) is 0 Å². The molecule has 0 radical (unpaired) electrons. The Morgan fingerprint density at radius 2 is 1.50 bits per heavy atom. The summed E-state index contributed by atoms with van der Waals surface area (Å²) in [6, 6.07) is 6.26. The van der Waals surface area contributed by atoms with Crippen molar-refractivity contribution in [2.75, 3.05) is 64.7 Å². The van der Waals surface area contributed by atoms with E-state index in [1.54, 1.807) is 6.92 Å². The number of likely N-dealkylation sites (tertiary alicyclic amines) is 1. The number of hydrogen-bond acceptors (Lipinski definition) is 5. The monoisotopic (exact) mass is 443 g/mol. The summed E-state index contributed by atoms with van der Waals surface area (Å²) in [5, 5.41) is 3.04. The van der Waals surface area contributed by atoms with Crippen molar-refractivity contribution in [1.82, 2.24) is 19.6 Å². The summed E-state index contributed by atoms with van der Waals surface area (Å²) in [6.45, 7) is 10.8. The minimum Gasteiger partial charge on any atom is -0.343 e. The molecule has 2 fully saturated rings. The van der Waals surface area contributed by atoms with E-state index in [1.165, 1.54) is 0 Å². The molecule has 8 heteroatoms. The van der Waals surface area contributed by atoms with E-state index >= 15 is 0 Å². The summed E-state index contributed by atoms with van der Waals surface area (Å²) in [4.78, 5) is 44.8. The minimum absolute atomic E-state index is 0.0134. The second-order valence-corrected chi connectivity index (χ2v) is 9.11. The maximum atomic E-state index is 12.8. The van der Waals surface area contributed by atoms with Crippen molar-refractivity contribution in [3.63, 3.8) is 0 Å². The molecule has 2 heterocycles. The lowest BCUT2D eigenvalue weighted by Crippen LogP contribution is -2.53. The van der Waals surface area contributed by atoms with E-state index in [2.05, 4.69) is 15.1 Å². The van der Waals surface area contributed by atoms with Crippen molar-refractivity contribution in [3.05, 3.63) is 29.3 Å². The Labute approximate surface area is 191 Å². The van der Waals surface area contributed by atoms with E-state index in [9.17, 15) is 14.4 Å². The molecule has 0 aromatic heterocycles. The zero-order valence-corrected chi connectivity index (χ0v) is 19.9. The summed E-state index contributed by atoms with van der Waals surface area (Å²) < 4.78 is 0. The second-order valence-electron chi connectivity index (χ2n) is 9.11. The number of para-hydroxylation sites is 1. The molecular weight excluding hydrogens is 406 g/mol. The average molecular weight is 444 g/mol. The first-order valence-corrected chi connectivity index (χ1v) is 11.6. The molecule has 8 nitrogen and oxygen atoms in total. The third-order valence-electron chi connectivity index (χ3n) is 6.80. The zero-order chi connectivity index (χ0) is 23.3. The smallest absolute Gasteiger partial charge is 0.238 e. The predicted molar refractivity (Wildman–Crippen MR) is 125 cm³/mol. The first-order chi connectivity index (χ1) is 15.2. The molecule has 0 saturated carbocycles. The van der Waals surface area contributed by atoms with Crippen LogP contribution in [0.4, 0.5) is 5.69 Å². The number of carbonyl (C=O) groups is 3. The number of rotatable bonds is 6. The molecule has 2 aliphatic heterocycles. The highest BCUT2D eigenvalue weighted by atomic mass is 16.2. The molecule has 1 aromatic carbocycles. The third-order valence-corrected chi connectivity index (χ3v) is 6.80. The molecule has 1 aromatic rings. The van der Waals surface area contributed by atoms with Gasteiger partial charge in [-0.15, -0.1) is 0 Å². The fraction of sp³-hybridized carbons (Fsp3) is 0.625. The number of amides is 3. The first-order valence-electron chi connectivity index (χ1n) is 11.6. The number of anilines is 1. The number of piperidine rings is 1. The standard InChI is InChI=1S/C24H37N5O3/c1-18-6-5-7-19(2)24(18)25-22(31)16-28-12-14-29(15-13-28)23(32)17-27-10-8-21(9-11-27)26(4)20(3)30/h5-7,21H,8-17H2,1-4H3,(H,25,31). The number of nitrogens with zero attached hydrogens (tertiary/aromatic N) is 4. The van der Waals surface area contributed by atoms with Crippen LogP contribution in [0.15, 0.2) is 18.2 Å². The van der Waals surface area contributed by atoms with Crippen LogP contribution in [0, 0.1) is 13.8 Å². The fourth-order valence-electron chi connectivity index (χ4n) is 4.56. The van der Waals surface area contributed by atoms with Crippen LogP contribution in [0.2, 0.25) is 0 Å². The van der Waals surface area contributed by atoms with Crippen LogP contribution in [0.5, 0.6) is 0 Å². The molecule has 3 amide bonds. The van der Waals surface area contributed by atoms with Gasteiger partial charge in [-0.3, -0.25) is 24.2 Å². The summed E-state index contributed by atoms with van der Waals surface area (Å²) >= 11 is 0. The van der Waals surface area contributed by atoms with Gasteiger partial charge < -0.3 is 15.1 Å². The Bertz CT molecular complexity index is 807. The lowest BCUT2D eigenvalue weighted by molar-refractivity contribution is -0.136. The number of aryl methyl sites for hydroxylation is 2. The van der Waals surface area contributed by atoms with Gasteiger partial charge in [0.15, 0.2) is 0 Å². The molecule has 176 valence electrons. The first kappa shape index (κ1) is 24.2. The van der Waals surface area contributed by atoms with Crippen molar-refractivity contribution in [1.29, 1.82) is 0 Å². The van der Waals surface area contributed by atoms with Crippen LogP contribution in [0.1, 0.15) is 30.9 Å².